The van der Waals surface area contributed by atoms with Crippen molar-refractivity contribution in [1.29, 1.82) is 0 Å². The van der Waals surface area contributed by atoms with Gasteiger partial charge in [0.15, 0.2) is 0 Å². The van der Waals surface area contributed by atoms with Crippen molar-refractivity contribution in [2.75, 3.05) is 0 Å². The van der Waals surface area contributed by atoms with E-state index in [1.54, 1.807) is 0 Å². The smallest absolute Gasteiger partial charge is 0.418 e. The maximum Gasteiger partial charge on any atom is 0.418 e. The molecule has 68 valence electrons. The molecule has 6 heteroatoms. The molecule has 0 aliphatic carbocycles. The van der Waals surface area contributed by atoms with Crippen molar-refractivity contribution < 1.29 is 18.3 Å². The maximum atomic E-state index is 11.8. The highest BCUT2D eigenvalue weighted by atomic mass is 35.5. The molecule has 0 bridgehead atoms. The van der Waals surface area contributed by atoms with Crippen LogP contribution in [0, 0.1) is 0 Å². The topological polar surface area (TPSA) is 33.1 Å². The van der Waals surface area contributed by atoms with Gasteiger partial charge in [0.05, 0.1) is 11.8 Å². The van der Waals surface area contributed by atoms with Gasteiger partial charge >= 0.3 is 6.18 Å². The Morgan fingerprint density at radius 1 is 1.25 bits per heavy atom. The fourth-order valence-electron chi connectivity index (χ4n) is 0.583. The van der Waals surface area contributed by atoms with Crippen molar-refractivity contribution in [2.24, 2.45) is 0 Å². The molecule has 0 aliphatic rings. The van der Waals surface area contributed by atoms with Gasteiger partial charge in [-0.05, 0) is 6.07 Å². The minimum absolute atomic E-state index is 0. The summed E-state index contributed by atoms with van der Waals surface area (Å²) in [5.74, 6) is -0.486. The summed E-state index contributed by atoms with van der Waals surface area (Å²) < 4.78 is 35.5. The summed E-state index contributed by atoms with van der Waals surface area (Å²) in [7, 11) is 0. The van der Waals surface area contributed by atoms with Crippen LogP contribution in [0.3, 0.4) is 0 Å². The number of hydrogen-bond acceptors (Lipinski definition) is 2. The second kappa shape index (κ2) is 3.62. The average molecular weight is 200 g/mol. The summed E-state index contributed by atoms with van der Waals surface area (Å²) in [6.07, 6.45) is -2.85. The van der Waals surface area contributed by atoms with Crippen molar-refractivity contribution in [2.45, 2.75) is 6.18 Å². The monoisotopic (exact) mass is 199 g/mol. The first-order chi connectivity index (χ1) is 5.00. The van der Waals surface area contributed by atoms with Crippen LogP contribution in [0.15, 0.2) is 18.5 Å². The van der Waals surface area contributed by atoms with Crippen molar-refractivity contribution in [3.05, 3.63) is 24.0 Å². The first-order valence-corrected chi connectivity index (χ1v) is 2.71. The van der Waals surface area contributed by atoms with E-state index in [0.717, 1.165) is 6.20 Å². The van der Waals surface area contributed by atoms with E-state index in [1.165, 1.54) is 0 Å². The van der Waals surface area contributed by atoms with Gasteiger partial charge < -0.3 is 5.11 Å². The number of pyridine rings is 1. The summed E-state index contributed by atoms with van der Waals surface area (Å²) in [6.45, 7) is 0. The van der Waals surface area contributed by atoms with Gasteiger partial charge in [-0.1, -0.05) is 0 Å². The third kappa shape index (κ3) is 2.58. The number of hydrogen-bond donors (Lipinski definition) is 1. The van der Waals surface area contributed by atoms with Crippen molar-refractivity contribution in [1.82, 2.24) is 4.98 Å². The predicted molar refractivity (Wildman–Crippen MR) is 38.2 cm³/mol. The van der Waals surface area contributed by atoms with Crippen molar-refractivity contribution >= 4 is 12.4 Å². The van der Waals surface area contributed by atoms with E-state index < -0.39 is 17.5 Å². The molecule has 0 unspecified atom stereocenters. The number of aromatic nitrogens is 1. The molecule has 0 aromatic carbocycles. The molecule has 0 fully saturated rings. The van der Waals surface area contributed by atoms with Crippen LogP contribution >= 0.6 is 12.4 Å². The van der Waals surface area contributed by atoms with Crippen LogP contribution < -0.4 is 0 Å². The second-order valence-electron chi connectivity index (χ2n) is 1.93. The Hall–Kier alpha value is -0.970. The molecule has 0 aliphatic heterocycles. The summed E-state index contributed by atoms with van der Waals surface area (Å²) >= 11 is 0. The van der Waals surface area contributed by atoms with Gasteiger partial charge in [-0.2, -0.15) is 13.2 Å². The number of halogens is 4. The van der Waals surface area contributed by atoms with Gasteiger partial charge in [0, 0.05) is 6.20 Å². The summed E-state index contributed by atoms with van der Waals surface area (Å²) in [5, 5.41) is 8.61. The second-order valence-corrected chi connectivity index (χ2v) is 1.93. The molecule has 2 nitrogen and oxygen atoms in total. The third-order valence-corrected chi connectivity index (χ3v) is 1.05. The van der Waals surface area contributed by atoms with Gasteiger partial charge in [0.25, 0.3) is 0 Å². The van der Waals surface area contributed by atoms with E-state index in [-0.39, 0.29) is 12.4 Å². The summed E-state index contributed by atoms with van der Waals surface area (Å²) in [4.78, 5) is 3.18. The first-order valence-electron chi connectivity index (χ1n) is 2.71. The van der Waals surface area contributed by atoms with Gasteiger partial charge in [-0.3, -0.25) is 4.98 Å². The molecule has 0 spiro atoms. The molecule has 1 rings (SSSR count). The van der Waals surface area contributed by atoms with Crippen LogP contribution in [-0.4, -0.2) is 10.1 Å². The SMILES string of the molecule is Cl.Oc1cncc(C(F)(F)F)c1. The maximum absolute atomic E-state index is 11.8. The lowest BCUT2D eigenvalue weighted by Gasteiger charge is -2.04. The minimum Gasteiger partial charge on any atom is -0.506 e. The highest BCUT2D eigenvalue weighted by molar-refractivity contribution is 5.85. The Morgan fingerprint density at radius 3 is 2.17 bits per heavy atom. The Bertz CT molecular complexity index is 263. The molecule has 1 heterocycles. The highest BCUT2D eigenvalue weighted by Crippen LogP contribution is 2.29. The largest absolute Gasteiger partial charge is 0.506 e. The van der Waals surface area contributed by atoms with E-state index >= 15 is 0 Å². The van der Waals surface area contributed by atoms with Gasteiger partial charge in [-0.25, -0.2) is 0 Å². The molecule has 0 radical (unpaired) electrons. The highest BCUT2D eigenvalue weighted by Gasteiger charge is 2.30. The van der Waals surface area contributed by atoms with E-state index in [4.69, 9.17) is 5.11 Å². The van der Waals surface area contributed by atoms with Crippen LogP contribution in [0.1, 0.15) is 5.56 Å². The molecular weight excluding hydrogens is 195 g/mol. The lowest BCUT2D eigenvalue weighted by atomic mass is 10.3. The molecule has 1 N–H and O–H groups in total. The van der Waals surface area contributed by atoms with Crippen molar-refractivity contribution in [3.63, 3.8) is 0 Å². The van der Waals surface area contributed by atoms with E-state index in [2.05, 4.69) is 4.98 Å². The zero-order valence-electron chi connectivity index (χ0n) is 5.67. The Labute approximate surface area is 72.5 Å². The molecule has 0 atom stereocenters. The van der Waals surface area contributed by atoms with Crippen molar-refractivity contribution in [3.8, 4) is 5.75 Å². The molecular formula is C6H5ClF3NO. The van der Waals surface area contributed by atoms with Gasteiger partial charge in [0.2, 0.25) is 0 Å². The zero-order chi connectivity index (χ0) is 8.48. The molecule has 0 saturated carbocycles. The molecule has 12 heavy (non-hydrogen) atoms. The standard InChI is InChI=1S/C6H4F3NO.ClH/c7-6(8,9)4-1-5(11)3-10-2-4;/h1-3,11H;1H. The quantitative estimate of drug-likeness (QED) is 0.695. The van der Waals surface area contributed by atoms with E-state index in [1.807, 2.05) is 0 Å². The zero-order valence-corrected chi connectivity index (χ0v) is 6.49. The third-order valence-electron chi connectivity index (χ3n) is 1.05. The van der Waals surface area contributed by atoms with Crippen LogP contribution in [0.2, 0.25) is 0 Å². The van der Waals surface area contributed by atoms with Gasteiger partial charge in [0.1, 0.15) is 5.75 Å². The average Bonchev–Trinajstić information content (AvgIpc) is 1.86. The van der Waals surface area contributed by atoms with E-state index in [9.17, 15) is 13.2 Å². The fraction of sp³-hybridized carbons (Fsp3) is 0.167. The minimum atomic E-state index is -4.44. The lowest BCUT2D eigenvalue weighted by molar-refractivity contribution is -0.137. The normalized spacial score (nSPS) is 10.6. The molecule has 1 aromatic heterocycles. The molecule has 0 saturated heterocycles. The Morgan fingerprint density at radius 2 is 1.83 bits per heavy atom. The molecule has 1 aromatic rings. The first kappa shape index (κ1) is 11.0. The number of aromatic hydroxyl groups is 1. The Kier molecular flexibility index (Phi) is 3.33. The molecule has 0 amide bonds. The fourth-order valence-corrected chi connectivity index (χ4v) is 0.583. The van der Waals surface area contributed by atoms with Crippen LogP contribution in [0.4, 0.5) is 13.2 Å². The van der Waals surface area contributed by atoms with Crippen LogP contribution in [0.5, 0.6) is 5.75 Å². The number of nitrogens with zero attached hydrogens (tertiary/aromatic N) is 1. The number of rotatable bonds is 0. The summed E-state index contributed by atoms with van der Waals surface area (Å²) in [6, 6.07) is 0.618. The number of alkyl halides is 3. The van der Waals surface area contributed by atoms with Crippen LogP contribution in [-0.2, 0) is 6.18 Å². The predicted octanol–water partition coefficient (Wildman–Crippen LogP) is 2.23. The Balaban J connectivity index is 0.00000121. The summed E-state index contributed by atoms with van der Waals surface area (Å²) in [5.41, 5.74) is -0.947. The van der Waals surface area contributed by atoms with Crippen LogP contribution in [0.25, 0.3) is 0 Å². The van der Waals surface area contributed by atoms with Gasteiger partial charge in [-0.15, -0.1) is 12.4 Å². The van der Waals surface area contributed by atoms with E-state index in [0.29, 0.717) is 12.3 Å². The lowest BCUT2D eigenvalue weighted by Crippen LogP contribution is -2.04.